The van der Waals surface area contributed by atoms with Gasteiger partial charge in [-0.1, -0.05) is 12.1 Å². The molecule has 2 aromatic heterocycles. The number of ether oxygens (including phenoxy) is 1. The Labute approximate surface area is 121 Å². The lowest BCUT2D eigenvalue weighted by molar-refractivity contribution is 0.0627. The van der Waals surface area contributed by atoms with Gasteiger partial charge in [0.1, 0.15) is 0 Å². The minimum absolute atomic E-state index is 0.255. The van der Waals surface area contributed by atoms with Crippen molar-refractivity contribution in [3.63, 3.8) is 0 Å². The van der Waals surface area contributed by atoms with Crippen molar-refractivity contribution < 1.29 is 9.84 Å². The maximum atomic E-state index is 9.74. The third kappa shape index (κ3) is 4.71. The number of hydrogen-bond donors (Lipinski definition) is 2. The lowest BCUT2D eigenvalue weighted by Gasteiger charge is -2.19. The second-order valence-electron chi connectivity index (χ2n) is 4.37. The maximum Gasteiger partial charge on any atom is 0.0897 e. The van der Waals surface area contributed by atoms with Gasteiger partial charge in [0.05, 0.1) is 12.7 Å². The molecule has 0 bridgehead atoms. The van der Waals surface area contributed by atoms with Crippen LogP contribution in [0.2, 0.25) is 0 Å². The van der Waals surface area contributed by atoms with Crippen LogP contribution in [-0.2, 0) is 11.2 Å². The fraction of sp³-hybridized carbons (Fsp3) is 0.429. The molecule has 104 valence electrons. The minimum Gasteiger partial charge on any atom is -0.389 e. The van der Waals surface area contributed by atoms with Gasteiger partial charge in [0.25, 0.3) is 0 Å². The highest BCUT2D eigenvalue weighted by atomic mass is 32.1. The smallest absolute Gasteiger partial charge is 0.0897 e. The largest absolute Gasteiger partial charge is 0.389 e. The molecule has 2 heterocycles. The molecule has 0 saturated heterocycles. The molecule has 2 N–H and O–H groups in total. The molecule has 0 aliphatic rings. The highest BCUT2D eigenvalue weighted by Crippen LogP contribution is 2.24. The number of hydrogen-bond acceptors (Lipinski definition) is 5. The number of nitrogens with one attached hydrogen (secondary N) is 1. The Morgan fingerprint density at radius 3 is 2.68 bits per heavy atom. The molecule has 0 aromatic carbocycles. The minimum atomic E-state index is -0.462. The van der Waals surface area contributed by atoms with Gasteiger partial charge in [-0.25, -0.2) is 0 Å². The summed E-state index contributed by atoms with van der Waals surface area (Å²) in [5.41, 5.74) is 0. The van der Waals surface area contributed by atoms with Gasteiger partial charge in [0.15, 0.2) is 0 Å². The summed E-state index contributed by atoms with van der Waals surface area (Å²) >= 11 is 3.52. The van der Waals surface area contributed by atoms with Gasteiger partial charge in [0.2, 0.25) is 0 Å². The van der Waals surface area contributed by atoms with E-state index < -0.39 is 6.10 Å². The lowest BCUT2D eigenvalue weighted by atomic mass is 10.1. The molecule has 0 amide bonds. The van der Waals surface area contributed by atoms with E-state index in [9.17, 15) is 5.11 Å². The molecular formula is C14H19NO2S2. The zero-order valence-corrected chi connectivity index (χ0v) is 12.5. The number of aliphatic hydroxyl groups is 1. The molecule has 5 heteroatoms. The molecule has 2 rings (SSSR count). The van der Waals surface area contributed by atoms with E-state index in [-0.39, 0.29) is 6.04 Å². The molecule has 2 unspecified atom stereocenters. The Bertz CT molecular complexity index is 442. The Hall–Kier alpha value is -0.720. The summed E-state index contributed by atoms with van der Waals surface area (Å²) in [4.78, 5) is 2.66. The first-order valence-electron chi connectivity index (χ1n) is 6.25. The molecular weight excluding hydrogens is 278 g/mol. The van der Waals surface area contributed by atoms with E-state index >= 15 is 0 Å². The predicted molar refractivity (Wildman–Crippen MR) is 81.0 cm³/mol. The average molecular weight is 297 g/mol. The van der Waals surface area contributed by atoms with Crippen LogP contribution in [0.4, 0.5) is 0 Å². The summed E-state index contributed by atoms with van der Waals surface area (Å²) in [7, 11) is 1.60. The van der Waals surface area contributed by atoms with Crippen molar-refractivity contribution in [3.05, 3.63) is 44.8 Å². The topological polar surface area (TPSA) is 41.5 Å². The number of rotatable bonds is 8. The van der Waals surface area contributed by atoms with E-state index in [0.717, 1.165) is 6.42 Å². The van der Waals surface area contributed by atoms with Crippen molar-refractivity contribution in [2.45, 2.75) is 18.6 Å². The van der Waals surface area contributed by atoms with Crippen LogP contribution < -0.4 is 5.32 Å². The molecule has 0 radical (unpaired) electrons. The van der Waals surface area contributed by atoms with Gasteiger partial charge >= 0.3 is 0 Å². The standard InChI is InChI=1S/C14H19NO2S2/c1-17-10-11(16)9-15-13(14-5-3-7-19-14)8-12-4-2-6-18-12/h2-7,11,13,15-16H,8-10H2,1H3. The van der Waals surface area contributed by atoms with Crippen LogP contribution in [0.15, 0.2) is 35.0 Å². The molecule has 19 heavy (non-hydrogen) atoms. The molecule has 0 spiro atoms. The van der Waals surface area contributed by atoms with Crippen LogP contribution >= 0.6 is 22.7 Å². The SMILES string of the molecule is COCC(O)CNC(Cc1cccs1)c1cccs1. The van der Waals surface area contributed by atoms with Gasteiger partial charge in [-0.15, -0.1) is 22.7 Å². The zero-order chi connectivity index (χ0) is 13.5. The second kappa shape index (κ2) is 7.77. The van der Waals surface area contributed by atoms with Crippen molar-refractivity contribution in [1.82, 2.24) is 5.32 Å². The Balaban J connectivity index is 1.95. The van der Waals surface area contributed by atoms with Crippen molar-refractivity contribution in [2.24, 2.45) is 0 Å². The normalized spacial score (nSPS) is 14.4. The first kappa shape index (κ1) is 14.7. The second-order valence-corrected chi connectivity index (χ2v) is 6.38. The van der Waals surface area contributed by atoms with Crippen LogP contribution in [0.25, 0.3) is 0 Å². The quantitative estimate of drug-likeness (QED) is 0.787. The molecule has 2 atom stereocenters. The first-order valence-corrected chi connectivity index (χ1v) is 8.01. The average Bonchev–Trinajstić information content (AvgIpc) is 3.07. The molecule has 0 fully saturated rings. The van der Waals surface area contributed by atoms with E-state index in [2.05, 4.69) is 40.3 Å². The molecule has 2 aromatic rings. The fourth-order valence-electron chi connectivity index (χ4n) is 1.92. The van der Waals surface area contributed by atoms with Crippen LogP contribution in [0, 0.1) is 0 Å². The molecule has 3 nitrogen and oxygen atoms in total. The van der Waals surface area contributed by atoms with Crippen LogP contribution in [0.3, 0.4) is 0 Å². The summed E-state index contributed by atoms with van der Waals surface area (Å²) in [5, 5.41) is 17.4. The third-order valence-corrected chi connectivity index (χ3v) is 4.72. The van der Waals surface area contributed by atoms with Crippen molar-refractivity contribution in [1.29, 1.82) is 0 Å². The lowest BCUT2D eigenvalue weighted by Crippen LogP contribution is -2.33. The van der Waals surface area contributed by atoms with Gasteiger partial charge in [-0.3, -0.25) is 0 Å². The highest BCUT2D eigenvalue weighted by Gasteiger charge is 2.15. The van der Waals surface area contributed by atoms with Gasteiger partial charge in [-0.05, 0) is 22.9 Å². The Kier molecular flexibility index (Phi) is 6.00. The number of methoxy groups -OCH3 is 1. The molecule has 0 saturated carbocycles. The predicted octanol–water partition coefficient (Wildman–Crippen LogP) is 2.69. The monoisotopic (exact) mass is 297 g/mol. The van der Waals surface area contributed by atoms with E-state index in [4.69, 9.17) is 4.74 Å². The van der Waals surface area contributed by atoms with Crippen LogP contribution in [0.5, 0.6) is 0 Å². The number of thiophene rings is 2. The summed E-state index contributed by atoms with van der Waals surface area (Å²) in [5.74, 6) is 0. The van der Waals surface area contributed by atoms with E-state index in [0.29, 0.717) is 13.2 Å². The van der Waals surface area contributed by atoms with Crippen molar-refractivity contribution in [3.8, 4) is 0 Å². The van der Waals surface area contributed by atoms with E-state index in [1.807, 2.05) is 0 Å². The summed E-state index contributed by atoms with van der Waals surface area (Å²) in [6.45, 7) is 0.908. The van der Waals surface area contributed by atoms with E-state index in [1.54, 1.807) is 29.8 Å². The first-order chi connectivity index (χ1) is 9.29. The van der Waals surface area contributed by atoms with E-state index in [1.165, 1.54) is 9.75 Å². The van der Waals surface area contributed by atoms with Gasteiger partial charge in [0, 0.05) is 35.9 Å². The summed E-state index contributed by atoms with van der Waals surface area (Å²) in [6, 6.07) is 8.68. The van der Waals surface area contributed by atoms with Crippen molar-refractivity contribution >= 4 is 22.7 Å². The number of aliphatic hydroxyl groups excluding tert-OH is 1. The highest BCUT2D eigenvalue weighted by molar-refractivity contribution is 7.10. The Morgan fingerprint density at radius 2 is 2.05 bits per heavy atom. The van der Waals surface area contributed by atoms with Gasteiger partial charge in [-0.2, -0.15) is 0 Å². The third-order valence-electron chi connectivity index (χ3n) is 2.83. The maximum absolute atomic E-state index is 9.74. The summed E-state index contributed by atoms with van der Waals surface area (Å²) in [6.07, 6.45) is 0.494. The fourth-order valence-corrected chi connectivity index (χ4v) is 3.48. The van der Waals surface area contributed by atoms with Crippen molar-refractivity contribution in [2.75, 3.05) is 20.3 Å². The molecule has 0 aliphatic carbocycles. The summed E-state index contributed by atoms with van der Waals surface area (Å²) < 4.78 is 4.95. The van der Waals surface area contributed by atoms with Gasteiger partial charge < -0.3 is 15.2 Å². The Morgan fingerprint density at radius 1 is 1.26 bits per heavy atom. The zero-order valence-electron chi connectivity index (χ0n) is 10.9. The van der Waals surface area contributed by atoms with Crippen LogP contribution in [-0.4, -0.2) is 31.5 Å². The molecule has 0 aliphatic heterocycles. The van der Waals surface area contributed by atoms with Crippen LogP contribution in [0.1, 0.15) is 15.8 Å².